The number of hydrogen-bond donors (Lipinski definition) is 1. The lowest BCUT2D eigenvalue weighted by atomic mass is 10.1. The summed E-state index contributed by atoms with van der Waals surface area (Å²) in [7, 11) is 0. The van der Waals surface area contributed by atoms with Crippen molar-refractivity contribution in [2.45, 2.75) is 58.4 Å². The summed E-state index contributed by atoms with van der Waals surface area (Å²) in [6.07, 6.45) is 3.47. The third-order valence-electron chi connectivity index (χ3n) is 2.96. The molecule has 1 fully saturated rings. The van der Waals surface area contributed by atoms with Crippen molar-refractivity contribution >= 4 is 5.82 Å². The zero-order valence-corrected chi connectivity index (χ0v) is 10.2. The lowest BCUT2D eigenvalue weighted by Gasteiger charge is -2.25. The fourth-order valence-electron chi connectivity index (χ4n) is 2.08. The van der Waals surface area contributed by atoms with E-state index in [0.29, 0.717) is 5.92 Å². The van der Waals surface area contributed by atoms with E-state index in [9.17, 15) is 0 Å². The molecule has 2 N–H and O–H groups in total. The van der Waals surface area contributed by atoms with E-state index in [-0.39, 0.29) is 5.54 Å². The molecule has 0 aliphatic heterocycles. The van der Waals surface area contributed by atoms with Crippen LogP contribution < -0.4 is 5.73 Å². The summed E-state index contributed by atoms with van der Waals surface area (Å²) in [6, 6.07) is 0. The average Bonchev–Trinajstić information content (AvgIpc) is 2.88. The maximum atomic E-state index is 6.17. The number of rotatable bonds is 2. The third-order valence-corrected chi connectivity index (χ3v) is 2.96. The Balaban J connectivity index is 2.53. The minimum atomic E-state index is 0.0441. The molecule has 1 aromatic rings. The van der Waals surface area contributed by atoms with Gasteiger partial charge in [0.25, 0.3) is 0 Å². The van der Waals surface area contributed by atoms with Crippen molar-refractivity contribution < 1.29 is 0 Å². The first-order valence-corrected chi connectivity index (χ1v) is 5.82. The van der Waals surface area contributed by atoms with Gasteiger partial charge in [-0.2, -0.15) is 0 Å². The lowest BCUT2D eigenvalue weighted by molar-refractivity contribution is 0.388. The van der Waals surface area contributed by atoms with Crippen molar-refractivity contribution in [3.05, 3.63) is 11.5 Å². The van der Waals surface area contributed by atoms with Crippen LogP contribution in [-0.2, 0) is 12.0 Å². The Bertz CT molecular complexity index is 367. The molecular formula is C12H21N3. The third kappa shape index (κ3) is 1.75. The number of nitrogens with zero attached hydrogens (tertiary/aromatic N) is 2. The molecule has 1 aromatic heterocycles. The van der Waals surface area contributed by atoms with Crippen molar-refractivity contribution in [2.24, 2.45) is 0 Å². The molecule has 0 spiro atoms. The molecule has 0 saturated heterocycles. The van der Waals surface area contributed by atoms with E-state index < -0.39 is 0 Å². The summed E-state index contributed by atoms with van der Waals surface area (Å²) in [5.41, 5.74) is 7.27. The summed E-state index contributed by atoms with van der Waals surface area (Å²) in [6.45, 7) is 8.69. The van der Waals surface area contributed by atoms with E-state index in [1.165, 1.54) is 18.7 Å². The Morgan fingerprint density at radius 3 is 2.40 bits per heavy atom. The molecule has 1 aliphatic carbocycles. The predicted octanol–water partition coefficient (Wildman–Crippen LogP) is 2.66. The molecule has 0 atom stereocenters. The SMILES string of the molecule is CCc1nc(C2CC2)n(C(C)(C)C)c1N. The summed E-state index contributed by atoms with van der Waals surface area (Å²) in [5, 5.41) is 0. The zero-order valence-electron chi connectivity index (χ0n) is 10.2. The maximum absolute atomic E-state index is 6.17. The average molecular weight is 207 g/mol. The van der Waals surface area contributed by atoms with Crippen LogP contribution in [-0.4, -0.2) is 9.55 Å². The largest absolute Gasteiger partial charge is 0.384 e. The lowest BCUT2D eigenvalue weighted by Crippen LogP contribution is -2.25. The van der Waals surface area contributed by atoms with Crippen LogP contribution in [0.5, 0.6) is 0 Å². The van der Waals surface area contributed by atoms with Gasteiger partial charge >= 0.3 is 0 Å². The van der Waals surface area contributed by atoms with Crippen molar-refractivity contribution in [1.29, 1.82) is 0 Å². The van der Waals surface area contributed by atoms with Gasteiger partial charge < -0.3 is 10.3 Å². The summed E-state index contributed by atoms with van der Waals surface area (Å²) in [4.78, 5) is 4.69. The van der Waals surface area contributed by atoms with Gasteiger partial charge in [0, 0.05) is 11.5 Å². The number of imidazole rings is 1. The van der Waals surface area contributed by atoms with Crippen LogP contribution in [0.1, 0.15) is 58.0 Å². The van der Waals surface area contributed by atoms with Gasteiger partial charge in [-0.15, -0.1) is 0 Å². The highest BCUT2D eigenvalue weighted by molar-refractivity contribution is 5.41. The Hall–Kier alpha value is -0.990. The van der Waals surface area contributed by atoms with E-state index >= 15 is 0 Å². The normalized spacial score (nSPS) is 17.1. The molecule has 3 nitrogen and oxygen atoms in total. The summed E-state index contributed by atoms with van der Waals surface area (Å²) in [5.74, 6) is 2.73. The topological polar surface area (TPSA) is 43.8 Å². The van der Waals surface area contributed by atoms with E-state index in [1.807, 2.05) is 0 Å². The molecule has 1 aliphatic rings. The fraction of sp³-hybridized carbons (Fsp3) is 0.750. The smallest absolute Gasteiger partial charge is 0.127 e. The van der Waals surface area contributed by atoms with Crippen LogP contribution in [0, 0.1) is 0 Å². The first-order chi connectivity index (χ1) is 6.95. The fourth-order valence-corrected chi connectivity index (χ4v) is 2.08. The second kappa shape index (κ2) is 3.26. The minimum absolute atomic E-state index is 0.0441. The molecule has 84 valence electrons. The number of nitrogens with two attached hydrogens (primary N) is 1. The molecule has 1 saturated carbocycles. The van der Waals surface area contributed by atoms with Crippen molar-refractivity contribution in [3.63, 3.8) is 0 Å². The number of anilines is 1. The Labute approximate surface area is 91.7 Å². The van der Waals surface area contributed by atoms with E-state index in [4.69, 9.17) is 10.7 Å². The van der Waals surface area contributed by atoms with Crippen molar-refractivity contribution in [2.75, 3.05) is 5.73 Å². The first-order valence-electron chi connectivity index (χ1n) is 5.82. The molecule has 2 rings (SSSR count). The number of nitrogen functional groups attached to an aromatic ring is 1. The van der Waals surface area contributed by atoms with Gasteiger partial charge in [-0.25, -0.2) is 4.98 Å². The minimum Gasteiger partial charge on any atom is -0.384 e. The predicted molar refractivity (Wildman–Crippen MR) is 63.0 cm³/mol. The maximum Gasteiger partial charge on any atom is 0.127 e. The zero-order chi connectivity index (χ0) is 11.2. The second-order valence-corrected chi connectivity index (χ2v) is 5.44. The second-order valence-electron chi connectivity index (χ2n) is 5.44. The molecule has 15 heavy (non-hydrogen) atoms. The van der Waals surface area contributed by atoms with Gasteiger partial charge in [-0.3, -0.25) is 0 Å². The highest BCUT2D eigenvalue weighted by Gasteiger charge is 2.33. The van der Waals surface area contributed by atoms with Gasteiger partial charge in [0.15, 0.2) is 0 Å². The highest BCUT2D eigenvalue weighted by Crippen LogP contribution is 2.42. The molecule has 0 radical (unpaired) electrons. The van der Waals surface area contributed by atoms with Crippen LogP contribution >= 0.6 is 0 Å². The molecular weight excluding hydrogens is 186 g/mol. The monoisotopic (exact) mass is 207 g/mol. The van der Waals surface area contributed by atoms with Gasteiger partial charge in [0.1, 0.15) is 11.6 Å². The van der Waals surface area contributed by atoms with Crippen LogP contribution in [0.25, 0.3) is 0 Å². The first kappa shape index (κ1) is 10.5. The Morgan fingerprint density at radius 1 is 1.40 bits per heavy atom. The number of aromatic nitrogens is 2. The van der Waals surface area contributed by atoms with Crippen LogP contribution in [0.3, 0.4) is 0 Å². The molecule has 0 unspecified atom stereocenters. The molecule has 1 heterocycles. The Morgan fingerprint density at radius 2 is 2.00 bits per heavy atom. The molecule has 0 bridgehead atoms. The van der Waals surface area contributed by atoms with Crippen molar-refractivity contribution in [3.8, 4) is 0 Å². The van der Waals surface area contributed by atoms with Crippen LogP contribution in [0.4, 0.5) is 5.82 Å². The highest BCUT2D eigenvalue weighted by atomic mass is 15.2. The van der Waals surface area contributed by atoms with E-state index in [2.05, 4.69) is 32.3 Å². The molecule has 0 amide bonds. The standard InChI is InChI=1S/C12H21N3/c1-5-9-10(13)15(12(2,3)4)11(14-9)8-6-7-8/h8H,5-7,13H2,1-4H3. The van der Waals surface area contributed by atoms with Crippen LogP contribution in [0.2, 0.25) is 0 Å². The quantitative estimate of drug-likeness (QED) is 0.810. The number of hydrogen-bond acceptors (Lipinski definition) is 2. The number of aryl methyl sites for hydroxylation is 1. The van der Waals surface area contributed by atoms with E-state index in [0.717, 1.165) is 17.9 Å². The van der Waals surface area contributed by atoms with E-state index in [1.54, 1.807) is 0 Å². The summed E-state index contributed by atoms with van der Waals surface area (Å²) >= 11 is 0. The van der Waals surface area contributed by atoms with Crippen molar-refractivity contribution in [1.82, 2.24) is 9.55 Å². The van der Waals surface area contributed by atoms with Gasteiger partial charge in [0.2, 0.25) is 0 Å². The van der Waals surface area contributed by atoms with Gasteiger partial charge in [-0.05, 0) is 40.0 Å². The summed E-state index contributed by atoms with van der Waals surface area (Å²) < 4.78 is 2.23. The van der Waals surface area contributed by atoms with Gasteiger partial charge in [-0.1, -0.05) is 6.92 Å². The Kier molecular flexibility index (Phi) is 2.28. The van der Waals surface area contributed by atoms with Crippen LogP contribution in [0.15, 0.2) is 0 Å². The van der Waals surface area contributed by atoms with Gasteiger partial charge in [0.05, 0.1) is 5.69 Å². The molecule has 3 heteroatoms. The molecule has 0 aromatic carbocycles.